The minimum Gasteiger partial charge on any atom is -0.490 e. The lowest BCUT2D eigenvalue weighted by atomic mass is 10.2. The first-order valence-corrected chi connectivity index (χ1v) is 6.95. The van der Waals surface area contributed by atoms with Crippen LogP contribution in [-0.4, -0.2) is 21.9 Å². The molecule has 6 nitrogen and oxygen atoms in total. The molecule has 21 heavy (non-hydrogen) atoms. The second-order valence-corrected chi connectivity index (χ2v) is 4.86. The third-order valence-corrected chi connectivity index (χ3v) is 2.83. The average molecular weight is 292 g/mol. The Labute approximate surface area is 123 Å². The molecule has 0 unspecified atom stereocenters. The molecule has 0 bridgehead atoms. The van der Waals surface area contributed by atoms with Crippen LogP contribution in [0.1, 0.15) is 44.0 Å². The summed E-state index contributed by atoms with van der Waals surface area (Å²) in [5.41, 5.74) is 0.771. The third kappa shape index (κ3) is 3.95. The van der Waals surface area contributed by atoms with E-state index in [1.165, 1.54) is 0 Å². The molecular weight excluding hydrogens is 272 g/mol. The van der Waals surface area contributed by atoms with E-state index in [-0.39, 0.29) is 19.1 Å². The topological polar surface area (TPSA) is 77.6 Å². The molecule has 1 heterocycles. The van der Waals surface area contributed by atoms with Crippen molar-refractivity contribution < 1.29 is 19.1 Å². The molecule has 0 atom stereocenters. The fourth-order valence-electron chi connectivity index (χ4n) is 1.74. The Kier molecular flexibility index (Phi) is 5.16. The molecule has 114 valence electrons. The average Bonchev–Trinajstić information content (AvgIpc) is 2.95. The number of rotatable bonds is 7. The molecule has 0 amide bonds. The molecule has 1 N–H and O–H groups in total. The Bertz CT molecular complexity index is 581. The van der Waals surface area contributed by atoms with Gasteiger partial charge in [-0.15, -0.1) is 0 Å². The maximum Gasteiger partial charge on any atom is 0.229 e. The largest absolute Gasteiger partial charge is 0.490 e. The fourth-order valence-corrected chi connectivity index (χ4v) is 1.74. The van der Waals surface area contributed by atoms with Crippen molar-refractivity contribution in [3.63, 3.8) is 0 Å². The lowest BCUT2D eigenvalue weighted by molar-refractivity contribution is 0.254. The second kappa shape index (κ2) is 7.08. The van der Waals surface area contributed by atoms with Crippen molar-refractivity contribution >= 4 is 0 Å². The van der Waals surface area contributed by atoms with E-state index in [1.54, 1.807) is 18.2 Å². The summed E-state index contributed by atoms with van der Waals surface area (Å²) in [5, 5.41) is 13.0. The van der Waals surface area contributed by atoms with E-state index in [2.05, 4.69) is 10.1 Å². The summed E-state index contributed by atoms with van der Waals surface area (Å²) in [6.07, 6.45) is 0. The van der Waals surface area contributed by atoms with Gasteiger partial charge in [-0.05, 0) is 24.6 Å². The number of aliphatic hydroxyl groups is 1. The molecule has 2 aromatic rings. The molecule has 6 heteroatoms. The minimum atomic E-state index is -0.0387. The molecule has 0 fully saturated rings. The van der Waals surface area contributed by atoms with Crippen LogP contribution < -0.4 is 9.47 Å². The number of ether oxygens (including phenoxy) is 2. The molecular formula is C15H20N2O4. The van der Waals surface area contributed by atoms with Crippen LogP contribution in [0.25, 0.3) is 0 Å². The normalized spacial score (nSPS) is 10.9. The van der Waals surface area contributed by atoms with Gasteiger partial charge >= 0.3 is 0 Å². The van der Waals surface area contributed by atoms with Crippen molar-refractivity contribution in [1.82, 2.24) is 10.1 Å². The van der Waals surface area contributed by atoms with Crippen molar-refractivity contribution in [2.75, 3.05) is 6.61 Å². The molecule has 1 aromatic heterocycles. The molecule has 0 saturated heterocycles. The summed E-state index contributed by atoms with van der Waals surface area (Å²) in [6, 6.07) is 5.31. The predicted molar refractivity (Wildman–Crippen MR) is 76.3 cm³/mol. The van der Waals surface area contributed by atoms with E-state index in [9.17, 15) is 0 Å². The van der Waals surface area contributed by atoms with Crippen LogP contribution in [-0.2, 0) is 13.2 Å². The summed E-state index contributed by atoms with van der Waals surface area (Å²) >= 11 is 0. The number of hydrogen-bond acceptors (Lipinski definition) is 6. The SMILES string of the molecule is CCOc1cc(CO)ccc1OCc1noc(C(C)C)n1. The lowest BCUT2D eigenvalue weighted by Gasteiger charge is -2.11. The predicted octanol–water partition coefficient (Wildman–Crippen LogP) is 2.66. The maximum atomic E-state index is 9.16. The van der Waals surface area contributed by atoms with Crippen LogP contribution >= 0.6 is 0 Å². The molecule has 0 spiro atoms. The summed E-state index contributed by atoms with van der Waals surface area (Å²) in [7, 11) is 0. The lowest BCUT2D eigenvalue weighted by Crippen LogP contribution is -2.02. The van der Waals surface area contributed by atoms with Crippen molar-refractivity contribution in [2.45, 2.75) is 39.9 Å². The van der Waals surface area contributed by atoms with Gasteiger partial charge < -0.3 is 19.1 Å². The highest BCUT2D eigenvalue weighted by Crippen LogP contribution is 2.29. The van der Waals surface area contributed by atoms with Crippen molar-refractivity contribution in [1.29, 1.82) is 0 Å². The van der Waals surface area contributed by atoms with Gasteiger partial charge in [-0.25, -0.2) is 0 Å². The highest BCUT2D eigenvalue weighted by Gasteiger charge is 2.12. The first kappa shape index (κ1) is 15.3. The van der Waals surface area contributed by atoms with Crippen LogP contribution in [0.3, 0.4) is 0 Å². The summed E-state index contributed by atoms with van der Waals surface area (Å²) in [6.45, 7) is 6.55. The zero-order valence-corrected chi connectivity index (χ0v) is 12.5. The molecule has 0 aliphatic carbocycles. The highest BCUT2D eigenvalue weighted by atomic mass is 16.5. The Hall–Kier alpha value is -2.08. The Morgan fingerprint density at radius 2 is 2.05 bits per heavy atom. The standard InChI is InChI=1S/C15H20N2O4/c1-4-19-13-7-11(8-18)5-6-12(13)20-9-14-16-15(10(2)3)21-17-14/h5-7,10,18H,4,8-9H2,1-3H3. The summed E-state index contributed by atoms with van der Waals surface area (Å²) in [4.78, 5) is 4.25. The Morgan fingerprint density at radius 3 is 2.67 bits per heavy atom. The zero-order chi connectivity index (χ0) is 15.2. The number of nitrogens with zero attached hydrogens (tertiary/aromatic N) is 2. The Balaban J connectivity index is 2.07. The van der Waals surface area contributed by atoms with Gasteiger partial charge in [0, 0.05) is 5.92 Å². The van der Waals surface area contributed by atoms with E-state index in [1.807, 2.05) is 20.8 Å². The molecule has 0 saturated carbocycles. The summed E-state index contributed by atoms with van der Waals surface area (Å²) < 4.78 is 16.3. The van der Waals surface area contributed by atoms with E-state index in [0.29, 0.717) is 29.8 Å². The highest BCUT2D eigenvalue weighted by molar-refractivity contribution is 5.42. The smallest absolute Gasteiger partial charge is 0.229 e. The van der Waals surface area contributed by atoms with Crippen molar-refractivity contribution in [3.8, 4) is 11.5 Å². The van der Waals surface area contributed by atoms with Crippen molar-refractivity contribution in [3.05, 3.63) is 35.5 Å². The third-order valence-electron chi connectivity index (χ3n) is 2.83. The maximum absolute atomic E-state index is 9.16. The van der Waals surface area contributed by atoms with Crippen LogP contribution in [0.2, 0.25) is 0 Å². The summed E-state index contributed by atoms with van der Waals surface area (Å²) in [5.74, 6) is 2.46. The zero-order valence-electron chi connectivity index (χ0n) is 12.5. The van der Waals surface area contributed by atoms with Crippen LogP contribution in [0.15, 0.2) is 22.7 Å². The van der Waals surface area contributed by atoms with Crippen molar-refractivity contribution in [2.24, 2.45) is 0 Å². The van der Waals surface area contributed by atoms with Gasteiger partial charge in [0.15, 0.2) is 18.1 Å². The molecule has 1 aromatic carbocycles. The van der Waals surface area contributed by atoms with Gasteiger partial charge in [-0.3, -0.25) is 0 Å². The Morgan fingerprint density at radius 1 is 1.24 bits per heavy atom. The number of benzene rings is 1. The monoisotopic (exact) mass is 292 g/mol. The van der Waals surface area contributed by atoms with E-state index in [0.717, 1.165) is 5.56 Å². The molecule has 0 radical (unpaired) electrons. The minimum absolute atomic E-state index is 0.0387. The first-order chi connectivity index (χ1) is 10.1. The second-order valence-electron chi connectivity index (χ2n) is 4.86. The van der Waals surface area contributed by atoms with Gasteiger partial charge in [0.25, 0.3) is 0 Å². The number of aromatic nitrogens is 2. The fraction of sp³-hybridized carbons (Fsp3) is 0.467. The molecule has 0 aliphatic heterocycles. The van der Waals surface area contributed by atoms with Crippen LogP contribution in [0.4, 0.5) is 0 Å². The van der Waals surface area contributed by atoms with Crippen LogP contribution in [0.5, 0.6) is 11.5 Å². The van der Waals surface area contributed by atoms with Gasteiger partial charge in [0.1, 0.15) is 0 Å². The van der Waals surface area contributed by atoms with E-state index < -0.39 is 0 Å². The molecule has 0 aliphatic rings. The van der Waals surface area contributed by atoms with E-state index >= 15 is 0 Å². The van der Waals surface area contributed by atoms with Crippen LogP contribution in [0, 0.1) is 0 Å². The van der Waals surface area contributed by atoms with E-state index in [4.69, 9.17) is 19.1 Å². The van der Waals surface area contributed by atoms with Gasteiger partial charge in [-0.1, -0.05) is 25.1 Å². The van der Waals surface area contributed by atoms with Gasteiger partial charge in [-0.2, -0.15) is 4.98 Å². The van der Waals surface area contributed by atoms with Gasteiger partial charge in [0.05, 0.1) is 13.2 Å². The van der Waals surface area contributed by atoms with Gasteiger partial charge in [0.2, 0.25) is 11.7 Å². The first-order valence-electron chi connectivity index (χ1n) is 6.95. The number of hydrogen-bond donors (Lipinski definition) is 1. The molecule has 2 rings (SSSR count). The quantitative estimate of drug-likeness (QED) is 0.845. The number of aliphatic hydroxyl groups excluding tert-OH is 1.